The molecule has 160 valence electrons. The summed E-state index contributed by atoms with van der Waals surface area (Å²) in [6.07, 6.45) is 2.99. The van der Waals surface area contributed by atoms with Crippen LogP contribution in [0.2, 0.25) is 0 Å². The number of rotatable bonds is 4. The normalized spacial score (nSPS) is 12.4. The zero-order valence-corrected chi connectivity index (χ0v) is 17.8. The Balaban J connectivity index is 1.75. The van der Waals surface area contributed by atoms with Crippen molar-refractivity contribution < 1.29 is 4.39 Å². The number of pyridine rings is 1. The van der Waals surface area contributed by atoms with Gasteiger partial charge in [0.2, 0.25) is 0 Å². The lowest BCUT2D eigenvalue weighted by Crippen LogP contribution is -2.27. The first-order valence-electron chi connectivity index (χ1n) is 10.3. The predicted molar refractivity (Wildman–Crippen MR) is 123 cm³/mol. The Morgan fingerprint density at radius 1 is 1.09 bits per heavy atom. The highest BCUT2D eigenvalue weighted by Crippen LogP contribution is 2.28. The van der Waals surface area contributed by atoms with E-state index in [1.54, 1.807) is 23.0 Å². The van der Waals surface area contributed by atoms with Gasteiger partial charge in [-0.25, -0.2) is 19.3 Å². The van der Waals surface area contributed by atoms with E-state index < -0.39 is 11.4 Å². The van der Waals surface area contributed by atoms with Crippen LogP contribution in [-0.2, 0) is 0 Å². The summed E-state index contributed by atoms with van der Waals surface area (Å²) >= 11 is 0. The van der Waals surface area contributed by atoms with Crippen LogP contribution in [0, 0.1) is 19.7 Å². The molecule has 32 heavy (non-hydrogen) atoms. The van der Waals surface area contributed by atoms with Gasteiger partial charge in [0.05, 0.1) is 23.4 Å². The Bertz CT molecular complexity index is 1540. The molecule has 1 unspecified atom stereocenters. The summed E-state index contributed by atoms with van der Waals surface area (Å²) in [5.74, 6) is 0.0352. The second kappa shape index (κ2) is 7.56. The molecule has 5 rings (SSSR count). The SMILES string of the molecule is Cc1cccc(-n2c(C(C)Nc3ncnc4nc[nH]c34)cc3cccc(F)c3c2=O)c1C. The van der Waals surface area contributed by atoms with Crippen molar-refractivity contribution in [3.8, 4) is 5.69 Å². The van der Waals surface area contributed by atoms with Gasteiger partial charge in [-0.2, -0.15) is 0 Å². The maximum absolute atomic E-state index is 14.7. The molecular formula is C24H21FN6O. The van der Waals surface area contributed by atoms with E-state index in [1.165, 1.54) is 12.4 Å². The van der Waals surface area contributed by atoms with E-state index in [9.17, 15) is 9.18 Å². The summed E-state index contributed by atoms with van der Waals surface area (Å²) in [6.45, 7) is 5.89. The van der Waals surface area contributed by atoms with Gasteiger partial charge in [-0.3, -0.25) is 9.36 Å². The molecule has 0 radical (unpaired) electrons. The minimum Gasteiger partial charge on any atom is -0.360 e. The molecule has 0 saturated heterocycles. The number of aryl methyl sites for hydroxylation is 1. The van der Waals surface area contributed by atoms with E-state index >= 15 is 0 Å². The Kier molecular flexibility index (Phi) is 4.70. The van der Waals surface area contributed by atoms with E-state index in [1.807, 2.05) is 45.0 Å². The average Bonchev–Trinajstić information content (AvgIpc) is 3.26. The van der Waals surface area contributed by atoms with Crippen LogP contribution in [0.15, 0.2) is 59.9 Å². The Hall–Kier alpha value is -4.07. The molecular weight excluding hydrogens is 407 g/mol. The van der Waals surface area contributed by atoms with Gasteiger partial charge >= 0.3 is 0 Å². The first kappa shape index (κ1) is 19.9. The molecule has 2 aromatic carbocycles. The summed E-state index contributed by atoms with van der Waals surface area (Å²) in [4.78, 5) is 29.3. The highest BCUT2D eigenvalue weighted by molar-refractivity contribution is 5.84. The average molecular weight is 428 g/mol. The molecule has 0 aliphatic heterocycles. The third-order valence-corrected chi connectivity index (χ3v) is 5.86. The van der Waals surface area contributed by atoms with Crippen molar-refractivity contribution in [2.24, 2.45) is 0 Å². The number of aromatic amines is 1. The summed E-state index contributed by atoms with van der Waals surface area (Å²) in [6, 6.07) is 12.0. The number of fused-ring (bicyclic) bond motifs is 2. The van der Waals surface area contributed by atoms with E-state index in [0.29, 0.717) is 28.1 Å². The van der Waals surface area contributed by atoms with Gasteiger partial charge in [-0.15, -0.1) is 0 Å². The van der Waals surface area contributed by atoms with Crippen LogP contribution in [0.25, 0.3) is 27.6 Å². The molecule has 8 heteroatoms. The van der Waals surface area contributed by atoms with Crippen LogP contribution < -0.4 is 10.9 Å². The maximum atomic E-state index is 14.7. The number of halogens is 1. The first-order valence-corrected chi connectivity index (χ1v) is 10.3. The lowest BCUT2D eigenvalue weighted by molar-refractivity contribution is 0.637. The van der Waals surface area contributed by atoms with Crippen molar-refractivity contribution in [2.45, 2.75) is 26.8 Å². The van der Waals surface area contributed by atoms with Crippen LogP contribution >= 0.6 is 0 Å². The van der Waals surface area contributed by atoms with Crippen LogP contribution in [0.1, 0.15) is 29.8 Å². The van der Waals surface area contributed by atoms with Gasteiger partial charge in [0.25, 0.3) is 5.56 Å². The number of imidazole rings is 1. The number of aromatic nitrogens is 5. The van der Waals surface area contributed by atoms with E-state index in [4.69, 9.17) is 0 Å². The Labute approximate surface area is 183 Å². The van der Waals surface area contributed by atoms with Gasteiger partial charge in [-0.05, 0) is 55.5 Å². The summed E-state index contributed by atoms with van der Waals surface area (Å²) in [5.41, 5.74) is 4.23. The molecule has 0 amide bonds. The van der Waals surface area contributed by atoms with Crippen LogP contribution in [0.5, 0.6) is 0 Å². The predicted octanol–water partition coefficient (Wildman–Crippen LogP) is 4.59. The Morgan fingerprint density at radius 2 is 1.91 bits per heavy atom. The second-order valence-electron chi connectivity index (χ2n) is 7.82. The number of anilines is 1. The van der Waals surface area contributed by atoms with Crippen molar-refractivity contribution in [3.05, 3.63) is 88.1 Å². The lowest BCUT2D eigenvalue weighted by atomic mass is 10.0. The van der Waals surface area contributed by atoms with E-state index in [-0.39, 0.29) is 11.4 Å². The van der Waals surface area contributed by atoms with Gasteiger partial charge < -0.3 is 10.3 Å². The van der Waals surface area contributed by atoms with Crippen LogP contribution in [0.4, 0.5) is 10.2 Å². The fourth-order valence-electron chi connectivity index (χ4n) is 4.04. The summed E-state index contributed by atoms with van der Waals surface area (Å²) in [5, 5.41) is 3.98. The molecule has 0 saturated carbocycles. The largest absolute Gasteiger partial charge is 0.360 e. The summed E-state index contributed by atoms with van der Waals surface area (Å²) in [7, 11) is 0. The highest BCUT2D eigenvalue weighted by atomic mass is 19.1. The van der Waals surface area contributed by atoms with Crippen molar-refractivity contribution in [1.29, 1.82) is 0 Å². The van der Waals surface area contributed by atoms with Gasteiger partial charge in [-0.1, -0.05) is 24.3 Å². The number of hydrogen-bond acceptors (Lipinski definition) is 5. The number of H-pyrrole nitrogens is 1. The number of nitrogens with zero attached hydrogens (tertiary/aromatic N) is 4. The van der Waals surface area contributed by atoms with Gasteiger partial charge in [0, 0.05) is 5.69 Å². The monoisotopic (exact) mass is 428 g/mol. The molecule has 7 nitrogen and oxygen atoms in total. The van der Waals surface area contributed by atoms with Crippen LogP contribution in [-0.4, -0.2) is 24.5 Å². The lowest BCUT2D eigenvalue weighted by Gasteiger charge is -2.23. The summed E-state index contributed by atoms with van der Waals surface area (Å²) < 4.78 is 16.3. The highest BCUT2D eigenvalue weighted by Gasteiger charge is 2.20. The molecule has 1 atom stereocenters. The zero-order valence-electron chi connectivity index (χ0n) is 17.8. The topological polar surface area (TPSA) is 88.5 Å². The first-order chi connectivity index (χ1) is 15.5. The molecule has 3 aromatic heterocycles. The molecule has 0 aliphatic rings. The van der Waals surface area contributed by atoms with Crippen molar-refractivity contribution in [2.75, 3.05) is 5.32 Å². The molecule has 0 fully saturated rings. The van der Waals surface area contributed by atoms with Crippen molar-refractivity contribution >= 4 is 27.8 Å². The molecule has 0 bridgehead atoms. The van der Waals surface area contributed by atoms with E-state index in [0.717, 1.165) is 16.8 Å². The molecule has 0 spiro atoms. The number of nitrogens with one attached hydrogen (secondary N) is 2. The van der Waals surface area contributed by atoms with Crippen LogP contribution in [0.3, 0.4) is 0 Å². The molecule has 5 aromatic rings. The fraction of sp³-hybridized carbons (Fsp3) is 0.167. The van der Waals surface area contributed by atoms with Crippen molar-refractivity contribution in [3.63, 3.8) is 0 Å². The fourth-order valence-corrected chi connectivity index (χ4v) is 4.04. The van der Waals surface area contributed by atoms with Gasteiger partial charge in [0.1, 0.15) is 17.7 Å². The molecule has 0 aliphatic carbocycles. The maximum Gasteiger partial charge on any atom is 0.266 e. The standard InChI is InChI=1S/C24H21FN6O/c1-13-6-4-9-18(14(13)2)31-19(10-16-7-5-8-17(25)20(16)24(31)32)15(3)30-23-21-22(27-11-26-21)28-12-29-23/h4-12,15H,1-3H3,(H2,26,27,28,29,30). The second-order valence-corrected chi connectivity index (χ2v) is 7.82. The third kappa shape index (κ3) is 3.11. The third-order valence-electron chi connectivity index (χ3n) is 5.86. The van der Waals surface area contributed by atoms with E-state index in [2.05, 4.69) is 25.3 Å². The van der Waals surface area contributed by atoms with Gasteiger partial charge in [0.15, 0.2) is 11.5 Å². The smallest absolute Gasteiger partial charge is 0.266 e. The quantitative estimate of drug-likeness (QED) is 0.437. The molecule has 2 N–H and O–H groups in total. The number of hydrogen-bond donors (Lipinski definition) is 2. The Morgan fingerprint density at radius 3 is 2.75 bits per heavy atom. The minimum absolute atomic E-state index is 0.0716. The molecule has 3 heterocycles. The minimum atomic E-state index is -0.534. The number of benzene rings is 2. The zero-order chi connectivity index (χ0) is 22.4. The van der Waals surface area contributed by atoms with Crippen molar-refractivity contribution in [1.82, 2.24) is 24.5 Å².